The first-order chi connectivity index (χ1) is 18.9. The van der Waals surface area contributed by atoms with Gasteiger partial charge in [-0.15, -0.1) is 0 Å². The molecule has 4 bridgehead atoms. The van der Waals surface area contributed by atoms with E-state index in [2.05, 4.69) is 22.0 Å². The fraction of sp³-hybridized carbons (Fsp3) is 0.677. The topological polar surface area (TPSA) is 97.0 Å². The van der Waals surface area contributed by atoms with Gasteiger partial charge in [0.15, 0.2) is 5.69 Å². The molecule has 1 aromatic carbocycles. The lowest BCUT2D eigenvalue weighted by Gasteiger charge is -2.55. The summed E-state index contributed by atoms with van der Waals surface area (Å²) in [5.41, 5.74) is 1.89. The maximum absolute atomic E-state index is 14.1. The molecule has 0 amide bonds. The number of rotatable bonds is 7. The Hall–Kier alpha value is -2.74. The van der Waals surface area contributed by atoms with Gasteiger partial charge in [-0.05, 0) is 87.7 Å². The minimum absolute atomic E-state index is 0.0853. The summed E-state index contributed by atoms with van der Waals surface area (Å²) in [7, 11) is 1.41. The molecular weight excluding hydrogens is 492 g/mol. The van der Waals surface area contributed by atoms with Gasteiger partial charge < -0.3 is 14.5 Å². The number of piperidine rings is 2. The molecule has 8 nitrogen and oxygen atoms in total. The standard InChI is InChI=1S/C31H42N4O4/c1-19-12-20-14-21(13-19)16-24(15-20)34-22-6-5-7-23(34)18-25(17-22)35-28-9-4-3-8-26(28)32-30(31(35)38)27(33-39-2)10-11-29(36)37/h3-4,8-9,19-25H,5-7,10-18H2,1-2H3,(H,36,37)/b33-27+/t19-,20+,21-,22-,23+,24-,25+. The van der Waals surface area contributed by atoms with Crippen molar-refractivity contribution < 1.29 is 14.7 Å². The average molecular weight is 535 g/mol. The lowest BCUT2D eigenvalue weighted by molar-refractivity contribution is -0.136. The number of hydrogen-bond acceptors (Lipinski definition) is 6. The van der Waals surface area contributed by atoms with Crippen LogP contribution in [0.25, 0.3) is 11.0 Å². The predicted molar refractivity (Wildman–Crippen MR) is 151 cm³/mol. The lowest BCUT2D eigenvalue weighted by Crippen LogP contribution is -2.59. The summed E-state index contributed by atoms with van der Waals surface area (Å²) in [5.74, 6) is 1.70. The molecule has 2 saturated carbocycles. The quantitative estimate of drug-likeness (QED) is 0.378. The van der Waals surface area contributed by atoms with Crippen molar-refractivity contribution in [3.63, 3.8) is 0 Å². The number of oxime groups is 1. The van der Waals surface area contributed by atoms with Crippen LogP contribution in [0.5, 0.6) is 0 Å². The Morgan fingerprint density at radius 1 is 0.974 bits per heavy atom. The zero-order valence-electron chi connectivity index (χ0n) is 23.3. The molecule has 4 fully saturated rings. The normalized spacial score (nSPS) is 33.2. The van der Waals surface area contributed by atoms with Crippen LogP contribution < -0.4 is 5.56 Å². The number of hydrogen-bond donors (Lipinski definition) is 1. The van der Waals surface area contributed by atoms with Crippen molar-refractivity contribution >= 4 is 22.7 Å². The molecule has 7 atom stereocenters. The monoisotopic (exact) mass is 534 g/mol. The second-order valence-electron chi connectivity index (χ2n) is 12.7. The molecule has 4 aliphatic rings. The van der Waals surface area contributed by atoms with E-state index in [0.717, 1.165) is 41.6 Å². The summed E-state index contributed by atoms with van der Waals surface area (Å²) < 4.78 is 1.96. The van der Waals surface area contributed by atoms with Crippen LogP contribution in [0.3, 0.4) is 0 Å². The van der Waals surface area contributed by atoms with Gasteiger partial charge in [0.05, 0.1) is 17.5 Å². The Balaban J connectivity index is 1.33. The Morgan fingerprint density at radius 3 is 2.33 bits per heavy atom. The third-order valence-electron chi connectivity index (χ3n) is 9.99. The van der Waals surface area contributed by atoms with E-state index in [9.17, 15) is 14.7 Å². The highest BCUT2D eigenvalue weighted by Crippen LogP contribution is 2.48. The van der Waals surface area contributed by atoms with Crippen LogP contribution in [0.4, 0.5) is 0 Å². The average Bonchev–Trinajstić information content (AvgIpc) is 2.89. The van der Waals surface area contributed by atoms with Gasteiger partial charge in [0.25, 0.3) is 5.56 Å². The Labute approximate surface area is 230 Å². The molecule has 2 aliphatic carbocycles. The first-order valence-electron chi connectivity index (χ1n) is 15.0. The Bertz CT molecular complexity index is 1270. The summed E-state index contributed by atoms with van der Waals surface area (Å²) in [6, 6.07) is 9.59. The van der Waals surface area contributed by atoms with E-state index in [1.165, 1.54) is 58.5 Å². The molecule has 3 heterocycles. The highest BCUT2D eigenvalue weighted by Gasteiger charge is 2.46. The summed E-state index contributed by atoms with van der Waals surface area (Å²) in [5, 5.41) is 13.3. The van der Waals surface area contributed by atoms with Crippen LogP contribution in [-0.2, 0) is 9.63 Å². The minimum atomic E-state index is -0.943. The van der Waals surface area contributed by atoms with Crippen molar-refractivity contribution in [2.24, 2.45) is 22.9 Å². The molecule has 39 heavy (non-hydrogen) atoms. The molecule has 8 heteroatoms. The number of aliphatic carboxylic acids is 1. The molecule has 1 N–H and O–H groups in total. The number of aromatic nitrogens is 2. The first-order valence-corrected chi connectivity index (χ1v) is 15.0. The molecule has 2 aliphatic heterocycles. The van der Waals surface area contributed by atoms with Crippen molar-refractivity contribution in [3.05, 3.63) is 40.3 Å². The van der Waals surface area contributed by atoms with Gasteiger partial charge in [0.1, 0.15) is 12.8 Å². The molecule has 1 aromatic heterocycles. The fourth-order valence-corrected chi connectivity index (χ4v) is 8.84. The molecule has 2 saturated heterocycles. The van der Waals surface area contributed by atoms with Crippen LogP contribution in [0.1, 0.15) is 95.7 Å². The third-order valence-corrected chi connectivity index (χ3v) is 9.99. The number of para-hydroxylation sites is 2. The van der Waals surface area contributed by atoms with E-state index in [4.69, 9.17) is 4.84 Å². The molecule has 0 radical (unpaired) electrons. The lowest BCUT2D eigenvalue weighted by atomic mass is 9.65. The summed E-state index contributed by atoms with van der Waals surface area (Å²) >= 11 is 0. The second kappa shape index (κ2) is 11.0. The van der Waals surface area contributed by atoms with Crippen molar-refractivity contribution in [1.82, 2.24) is 14.5 Å². The van der Waals surface area contributed by atoms with Gasteiger partial charge in [-0.2, -0.15) is 0 Å². The largest absolute Gasteiger partial charge is 0.481 e. The predicted octanol–water partition coefficient (Wildman–Crippen LogP) is 5.38. The van der Waals surface area contributed by atoms with Gasteiger partial charge in [-0.25, -0.2) is 4.98 Å². The highest BCUT2D eigenvalue weighted by atomic mass is 16.6. The fourth-order valence-electron chi connectivity index (χ4n) is 8.84. The van der Waals surface area contributed by atoms with Crippen LogP contribution in [0.2, 0.25) is 0 Å². The van der Waals surface area contributed by atoms with Gasteiger partial charge in [0.2, 0.25) is 0 Å². The Morgan fingerprint density at radius 2 is 1.67 bits per heavy atom. The molecule has 0 spiro atoms. The van der Waals surface area contributed by atoms with Crippen LogP contribution in [0, 0.1) is 17.8 Å². The van der Waals surface area contributed by atoms with Gasteiger partial charge in [0, 0.05) is 30.6 Å². The molecule has 210 valence electrons. The third kappa shape index (κ3) is 5.24. The van der Waals surface area contributed by atoms with Crippen LogP contribution in [-0.4, -0.2) is 56.5 Å². The summed E-state index contributed by atoms with van der Waals surface area (Å²) in [6.45, 7) is 2.44. The molecular formula is C31H42N4O4. The number of carboxylic acid groups (broad SMARTS) is 1. The SMILES string of the molecule is CO/N=C(\CCC(=O)O)c1nc2ccccc2n([C@H]2C[C@H]3CCC[C@@H](C2)N3[C@H]2C[C@@H]3C[C@H](C)C[C@@H](C3)C2)c1=O. The smallest absolute Gasteiger partial charge is 0.303 e. The van der Waals surface area contributed by atoms with E-state index in [1.807, 2.05) is 28.8 Å². The maximum atomic E-state index is 14.1. The first kappa shape index (κ1) is 26.5. The number of carbonyl (C=O) groups is 1. The van der Waals surface area contributed by atoms with E-state index in [1.54, 1.807) is 0 Å². The van der Waals surface area contributed by atoms with Gasteiger partial charge in [-0.3, -0.25) is 14.5 Å². The van der Waals surface area contributed by atoms with Gasteiger partial charge >= 0.3 is 5.97 Å². The number of benzene rings is 1. The van der Waals surface area contributed by atoms with Crippen molar-refractivity contribution in [1.29, 1.82) is 0 Å². The van der Waals surface area contributed by atoms with Crippen molar-refractivity contribution in [2.75, 3.05) is 7.11 Å². The minimum Gasteiger partial charge on any atom is -0.481 e. The van der Waals surface area contributed by atoms with Crippen molar-refractivity contribution in [3.8, 4) is 0 Å². The molecule has 6 rings (SSSR count). The van der Waals surface area contributed by atoms with E-state index in [-0.39, 0.29) is 30.1 Å². The summed E-state index contributed by atoms with van der Waals surface area (Å²) in [6.07, 6.45) is 12.5. The molecule has 0 unspecified atom stereocenters. The number of carboxylic acids is 1. The summed E-state index contributed by atoms with van der Waals surface area (Å²) in [4.78, 5) is 38.0. The zero-order chi connectivity index (χ0) is 27.1. The highest BCUT2D eigenvalue weighted by molar-refractivity contribution is 6.00. The number of fused-ring (bicyclic) bond motifs is 5. The Kier molecular flexibility index (Phi) is 7.49. The van der Waals surface area contributed by atoms with Crippen LogP contribution in [0.15, 0.2) is 34.2 Å². The molecule has 2 aromatic rings. The van der Waals surface area contributed by atoms with Gasteiger partial charge in [-0.1, -0.05) is 30.6 Å². The zero-order valence-corrected chi connectivity index (χ0v) is 23.3. The van der Waals surface area contributed by atoms with E-state index < -0.39 is 5.97 Å². The second-order valence-corrected chi connectivity index (χ2v) is 12.7. The number of nitrogens with zero attached hydrogens (tertiary/aromatic N) is 4. The van der Waals surface area contributed by atoms with Crippen molar-refractivity contribution in [2.45, 2.75) is 108 Å². The maximum Gasteiger partial charge on any atom is 0.303 e. The van der Waals surface area contributed by atoms with Crippen LogP contribution >= 0.6 is 0 Å². The van der Waals surface area contributed by atoms with E-state index >= 15 is 0 Å². The van der Waals surface area contributed by atoms with E-state index in [0.29, 0.717) is 23.8 Å².